The maximum absolute atomic E-state index is 10.3. The van der Waals surface area contributed by atoms with Crippen LogP contribution in [0, 0.1) is 0 Å². The minimum atomic E-state index is -0.679. The Kier molecular flexibility index (Phi) is 59.4. The average molecular weight is 877 g/mol. The van der Waals surface area contributed by atoms with Crippen molar-refractivity contribution in [3.05, 3.63) is 36.5 Å². The molecule has 0 atom stereocenters. The normalized spacial score (nSPS) is 11.2. The van der Waals surface area contributed by atoms with E-state index in [0.717, 1.165) is 64.2 Å². The minimum Gasteiger partial charge on any atom is -0.481 e. The van der Waals surface area contributed by atoms with Gasteiger partial charge in [0.1, 0.15) is 0 Å². The lowest BCUT2D eigenvalue weighted by Gasteiger charge is -2.03. The Labute approximate surface area is 382 Å². The first-order valence-corrected chi connectivity index (χ1v) is 26.0. The van der Waals surface area contributed by atoms with Crippen LogP contribution < -0.4 is 0 Å². The Bertz CT molecular complexity index is 1010. The fourth-order valence-electron chi connectivity index (χ4n) is 7.11. The minimum absolute atomic E-state index is 0.316. The highest BCUT2D eigenvalue weighted by atomic mass is 16.4. The molecule has 0 aliphatic heterocycles. The van der Waals surface area contributed by atoms with Gasteiger partial charge in [-0.1, -0.05) is 211 Å². The molecule has 0 aliphatic rings. The van der Waals surface area contributed by atoms with E-state index in [0.29, 0.717) is 25.7 Å². The summed E-state index contributed by atoms with van der Waals surface area (Å²) in [5, 5.41) is 34.0. The van der Waals surface area contributed by atoms with Gasteiger partial charge in [-0.05, 0) is 83.5 Å². The summed E-state index contributed by atoms with van der Waals surface area (Å²) >= 11 is 0. The van der Waals surface area contributed by atoms with Crippen molar-refractivity contribution in [1.82, 2.24) is 0 Å². The second-order valence-corrected chi connectivity index (χ2v) is 17.3. The smallest absolute Gasteiger partial charge is 0.303 e. The third-order valence-electron chi connectivity index (χ3n) is 11.0. The molecule has 0 bridgehead atoms. The van der Waals surface area contributed by atoms with Crippen molar-refractivity contribution in [1.29, 1.82) is 0 Å². The standard InChI is InChI=1S/C18H34O4.C18H34O2.C18H32O2/c19-17(20)15-13-11-9-7-5-3-1-2-4-6-8-10-12-14-16-18(21)22;2*1-2-3-4-5-6-7-8-9-10-11-12-13-14-15-16-17-18(19)20/h1-16H2,(H,19,20)(H,21,22);9-10H,2-8,11-17H2,1H3,(H,19,20);6-7,9-10H,2-5,8,11-17H2,1H3,(H,19,20)/b;10-9-;7-6-,10-9-. The van der Waals surface area contributed by atoms with E-state index in [9.17, 15) is 19.2 Å². The molecule has 364 valence electrons. The van der Waals surface area contributed by atoms with E-state index in [1.807, 2.05) is 0 Å². The molecule has 0 fully saturated rings. The highest BCUT2D eigenvalue weighted by Gasteiger charge is 2.00. The van der Waals surface area contributed by atoms with Crippen molar-refractivity contribution < 1.29 is 39.6 Å². The topological polar surface area (TPSA) is 149 Å². The number of rotatable bonds is 46. The molecule has 0 heterocycles. The maximum Gasteiger partial charge on any atom is 0.303 e. The molecule has 0 aromatic carbocycles. The SMILES string of the molecule is CCCCC/C=C\C/C=C\CCCCCCCC(=O)O.CCCCCCCC/C=C\CCCCCCCC(=O)O.O=C(O)CCCCCCCCCCCCCCCCC(=O)O. The molecule has 0 aromatic rings. The van der Waals surface area contributed by atoms with Crippen LogP contribution in [-0.2, 0) is 19.2 Å². The van der Waals surface area contributed by atoms with Crippen molar-refractivity contribution >= 4 is 23.9 Å². The number of hydrogen-bond acceptors (Lipinski definition) is 4. The number of carboxylic acids is 4. The van der Waals surface area contributed by atoms with Gasteiger partial charge in [-0.15, -0.1) is 0 Å². The molecule has 0 rings (SSSR count). The Hall–Kier alpha value is -2.90. The first kappa shape index (κ1) is 63.4. The number of allylic oxidation sites excluding steroid dienone is 6. The summed E-state index contributed by atoms with van der Waals surface area (Å²) in [5.74, 6) is -2.69. The van der Waals surface area contributed by atoms with E-state index < -0.39 is 23.9 Å². The summed E-state index contributed by atoms with van der Waals surface area (Å²) in [5.41, 5.74) is 0. The van der Waals surface area contributed by atoms with Crippen LogP contribution in [0.4, 0.5) is 0 Å². The van der Waals surface area contributed by atoms with Crippen molar-refractivity contribution in [3.63, 3.8) is 0 Å². The largest absolute Gasteiger partial charge is 0.481 e. The second-order valence-electron chi connectivity index (χ2n) is 17.3. The molecule has 0 saturated heterocycles. The van der Waals surface area contributed by atoms with E-state index in [1.165, 1.54) is 180 Å². The van der Waals surface area contributed by atoms with Gasteiger partial charge in [0, 0.05) is 25.7 Å². The van der Waals surface area contributed by atoms with Crippen molar-refractivity contribution in [2.24, 2.45) is 0 Å². The summed E-state index contributed by atoms with van der Waals surface area (Å²) in [6, 6.07) is 0. The molecular weight excluding hydrogens is 777 g/mol. The number of carboxylic acid groups (broad SMARTS) is 4. The third kappa shape index (κ3) is 71.6. The van der Waals surface area contributed by atoms with E-state index in [4.69, 9.17) is 20.4 Å². The Morgan fingerprint density at radius 2 is 0.435 bits per heavy atom. The summed E-state index contributed by atoms with van der Waals surface area (Å²) < 4.78 is 0. The zero-order chi connectivity index (χ0) is 46.3. The zero-order valence-electron chi connectivity index (χ0n) is 40.6. The van der Waals surface area contributed by atoms with Crippen molar-refractivity contribution in [2.75, 3.05) is 0 Å². The van der Waals surface area contributed by atoms with Crippen LogP contribution in [0.15, 0.2) is 36.5 Å². The van der Waals surface area contributed by atoms with Gasteiger partial charge >= 0.3 is 23.9 Å². The number of aliphatic carboxylic acids is 4. The van der Waals surface area contributed by atoms with Gasteiger partial charge in [0.2, 0.25) is 0 Å². The Morgan fingerprint density at radius 1 is 0.258 bits per heavy atom. The van der Waals surface area contributed by atoms with E-state index in [2.05, 4.69) is 50.3 Å². The van der Waals surface area contributed by atoms with E-state index in [1.54, 1.807) is 0 Å². The quantitative estimate of drug-likeness (QED) is 0.0349. The van der Waals surface area contributed by atoms with Crippen molar-refractivity contribution in [3.8, 4) is 0 Å². The monoisotopic (exact) mass is 877 g/mol. The molecule has 0 spiro atoms. The summed E-state index contributed by atoms with van der Waals surface area (Å²) in [6.07, 6.45) is 60.5. The highest BCUT2D eigenvalue weighted by molar-refractivity contribution is 5.67. The fraction of sp³-hybridized carbons (Fsp3) is 0.815. The molecule has 8 nitrogen and oxygen atoms in total. The molecule has 4 N–H and O–H groups in total. The summed E-state index contributed by atoms with van der Waals surface area (Å²) in [7, 11) is 0. The zero-order valence-corrected chi connectivity index (χ0v) is 40.6. The number of carbonyl (C=O) groups is 4. The third-order valence-corrected chi connectivity index (χ3v) is 11.0. The van der Waals surface area contributed by atoms with Crippen LogP contribution in [0.5, 0.6) is 0 Å². The van der Waals surface area contributed by atoms with Gasteiger partial charge in [-0.2, -0.15) is 0 Å². The van der Waals surface area contributed by atoms with Gasteiger partial charge in [0.05, 0.1) is 0 Å². The average Bonchev–Trinajstić information content (AvgIpc) is 3.23. The second kappa shape index (κ2) is 58.1. The lowest BCUT2D eigenvalue weighted by Crippen LogP contribution is -1.93. The summed E-state index contributed by atoms with van der Waals surface area (Å²) in [6.45, 7) is 4.49. The maximum atomic E-state index is 10.3. The molecule has 0 unspecified atom stereocenters. The van der Waals surface area contributed by atoms with E-state index in [-0.39, 0.29) is 0 Å². The molecule has 62 heavy (non-hydrogen) atoms. The van der Waals surface area contributed by atoms with Crippen LogP contribution in [0.3, 0.4) is 0 Å². The first-order valence-electron chi connectivity index (χ1n) is 26.0. The number of unbranched alkanes of at least 4 members (excludes halogenated alkanes) is 32. The predicted octanol–water partition coefficient (Wildman–Crippen LogP) is 17.4. The fourth-order valence-corrected chi connectivity index (χ4v) is 7.11. The van der Waals surface area contributed by atoms with Gasteiger partial charge in [0.25, 0.3) is 0 Å². The van der Waals surface area contributed by atoms with Crippen LogP contribution in [0.25, 0.3) is 0 Å². The van der Waals surface area contributed by atoms with Crippen LogP contribution in [0.1, 0.15) is 284 Å². The lowest BCUT2D eigenvalue weighted by molar-refractivity contribution is -0.138. The van der Waals surface area contributed by atoms with Gasteiger partial charge in [0.15, 0.2) is 0 Å². The van der Waals surface area contributed by atoms with Crippen LogP contribution >= 0.6 is 0 Å². The van der Waals surface area contributed by atoms with Crippen molar-refractivity contribution in [2.45, 2.75) is 284 Å². The summed E-state index contributed by atoms with van der Waals surface area (Å²) in [4.78, 5) is 41.3. The predicted molar refractivity (Wildman–Crippen MR) is 263 cm³/mol. The number of hydrogen-bond donors (Lipinski definition) is 4. The molecule has 0 saturated carbocycles. The Balaban J connectivity index is -0.000000844. The van der Waals surface area contributed by atoms with Gasteiger partial charge < -0.3 is 20.4 Å². The highest BCUT2D eigenvalue weighted by Crippen LogP contribution is 2.15. The van der Waals surface area contributed by atoms with Crippen LogP contribution in [-0.4, -0.2) is 44.3 Å². The first-order chi connectivity index (χ1) is 30.2. The van der Waals surface area contributed by atoms with E-state index >= 15 is 0 Å². The molecule has 0 aromatic heterocycles. The molecule has 0 aliphatic carbocycles. The lowest BCUT2D eigenvalue weighted by atomic mass is 10.0. The molecular formula is C54H100O8. The van der Waals surface area contributed by atoms with Gasteiger partial charge in [-0.25, -0.2) is 0 Å². The van der Waals surface area contributed by atoms with Crippen LogP contribution in [0.2, 0.25) is 0 Å². The van der Waals surface area contributed by atoms with Gasteiger partial charge in [-0.3, -0.25) is 19.2 Å². The Morgan fingerprint density at radius 3 is 0.677 bits per heavy atom. The molecule has 0 amide bonds. The molecule has 0 radical (unpaired) electrons. The molecule has 8 heteroatoms.